The van der Waals surface area contributed by atoms with Gasteiger partial charge in [-0.25, -0.2) is 4.98 Å². The van der Waals surface area contributed by atoms with Crippen LogP contribution in [0.25, 0.3) is 0 Å². The van der Waals surface area contributed by atoms with Gasteiger partial charge in [-0.1, -0.05) is 6.07 Å². The molecular weight excluding hydrogens is 256 g/mol. The Morgan fingerprint density at radius 2 is 2.27 bits per heavy atom. The van der Waals surface area contributed by atoms with Crippen molar-refractivity contribution in [1.82, 2.24) is 10.3 Å². The highest BCUT2D eigenvalue weighted by Gasteiger charge is 1.94. The Kier molecular flexibility index (Phi) is 6.55. The van der Waals surface area contributed by atoms with Gasteiger partial charge in [0.1, 0.15) is 4.60 Å². The highest BCUT2D eigenvalue weighted by Crippen LogP contribution is 2.05. The molecule has 0 amide bonds. The zero-order chi connectivity index (χ0) is 10.9. The van der Waals surface area contributed by atoms with Gasteiger partial charge in [0.25, 0.3) is 0 Å². The summed E-state index contributed by atoms with van der Waals surface area (Å²) in [5.41, 5.74) is 1.07. The Balaban J connectivity index is 2.10. The van der Waals surface area contributed by atoms with Crippen molar-refractivity contribution >= 4 is 15.9 Å². The molecule has 4 heteroatoms. The number of aromatic nitrogens is 1. The summed E-state index contributed by atoms with van der Waals surface area (Å²) < 4.78 is 5.87. The van der Waals surface area contributed by atoms with Gasteiger partial charge in [0.2, 0.25) is 0 Å². The lowest BCUT2D eigenvalue weighted by atomic mass is 10.3. The molecule has 0 saturated carbocycles. The molecular formula is C11H17BrN2O. The third-order valence-electron chi connectivity index (χ3n) is 2.03. The Morgan fingerprint density at radius 3 is 3.00 bits per heavy atom. The van der Waals surface area contributed by atoms with Gasteiger partial charge in [0.15, 0.2) is 0 Å². The van der Waals surface area contributed by atoms with Crippen molar-refractivity contribution in [1.29, 1.82) is 0 Å². The van der Waals surface area contributed by atoms with Gasteiger partial charge in [-0.15, -0.1) is 0 Å². The van der Waals surface area contributed by atoms with Crippen LogP contribution in [0.2, 0.25) is 0 Å². The van der Waals surface area contributed by atoms with E-state index in [1.54, 1.807) is 7.11 Å². The van der Waals surface area contributed by atoms with Gasteiger partial charge in [-0.2, -0.15) is 0 Å². The molecule has 1 heterocycles. The lowest BCUT2D eigenvalue weighted by molar-refractivity contribution is 0.192. The van der Waals surface area contributed by atoms with E-state index >= 15 is 0 Å². The van der Waals surface area contributed by atoms with Crippen LogP contribution in [-0.4, -0.2) is 25.2 Å². The summed E-state index contributed by atoms with van der Waals surface area (Å²) >= 11 is 3.35. The first-order valence-corrected chi connectivity index (χ1v) is 5.93. The highest BCUT2D eigenvalue weighted by molar-refractivity contribution is 9.10. The van der Waals surface area contributed by atoms with Crippen molar-refractivity contribution in [2.24, 2.45) is 0 Å². The smallest absolute Gasteiger partial charge is 0.106 e. The molecule has 15 heavy (non-hydrogen) atoms. The number of pyridine rings is 1. The Morgan fingerprint density at radius 1 is 1.40 bits per heavy atom. The topological polar surface area (TPSA) is 34.1 Å². The van der Waals surface area contributed by atoms with E-state index in [-0.39, 0.29) is 0 Å². The number of hydrogen-bond donors (Lipinski definition) is 1. The summed E-state index contributed by atoms with van der Waals surface area (Å²) in [5.74, 6) is 0. The predicted octanol–water partition coefficient (Wildman–Crippen LogP) is 2.36. The van der Waals surface area contributed by atoms with Crippen molar-refractivity contribution in [3.63, 3.8) is 0 Å². The molecule has 0 aliphatic heterocycles. The van der Waals surface area contributed by atoms with Gasteiger partial charge in [-0.3, -0.25) is 0 Å². The van der Waals surface area contributed by atoms with Crippen LogP contribution < -0.4 is 5.32 Å². The lowest BCUT2D eigenvalue weighted by Crippen LogP contribution is -2.15. The van der Waals surface area contributed by atoms with E-state index < -0.39 is 0 Å². The molecule has 0 aliphatic carbocycles. The van der Waals surface area contributed by atoms with Gasteiger partial charge in [-0.05, 0) is 47.4 Å². The van der Waals surface area contributed by atoms with Crippen LogP contribution >= 0.6 is 15.9 Å². The van der Waals surface area contributed by atoms with E-state index in [1.165, 1.54) is 0 Å². The molecule has 3 nitrogen and oxygen atoms in total. The SMILES string of the molecule is COCCCCNCc1cccc(Br)n1. The minimum Gasteiger partial charge on any atom is -0.385 e. The minimum absolute atomic E-state index is 0.826. The summed E-state index contributed by atoms with van der Waals surface area (Å²) in [5, 5.41) is 3.35. The van der Waals surface area contributed by atoms with E-state index in [0.29, 0.717) is 0 Å². The molecule has 0 saturated heterocycles. The minimum atomic E-state index is 0.826. The van der Waals surface area contributed by atoms with Crippen LogP contribution in [0.15, 0.2) is 22.8 Å². The average molecular weight is 273 g/mol. The van der Waals surface area contributed by atoms with Gasteiger partial charge >= 0.3 is 0 Å². The van der Waals surface area contributed by atoms with Crippen LogP contribution in [0, 0.1) is 0 Å². The number of unbranched alkanes of at least 4 members (excludes halogenated alkanes) is 1. The first kappa shape index (κ1) is 12.6. The lowest BCUT2D eigenvalue weighted by Gasteiger charge is -2.04. The molecule has 84 valence electrons. The summed E-state index contributed by atoms with van der Waals surface area (Å²) in [6.45, 7) is 2.68. The second kappa shape index (κ2) is 7.79. The second-order valence-electron chi connectivity index (χ2n) is 3.33. The van der Waals surface area contributed by atoms with Crippen LogP contribution in [0.5, 0.6) is 0 Å². The third-order valence-corrected chi connectivity index (χ3v) is 2.47. The third kappa shape index (κ3) is 5.87. The largest absolute Gasteiger partial charge is 0.385 e. The summed E-state index contributed by atoms with van der Waals surface area (Å²) in [7, 11) is 1.73. The number of rotatable bonds is 7. The van der Waals surface area contributed by atoms with Crippen molar-refractivity contribution < 1.29 is 4.74 Å². The molecule has 1 aromatic rings. The van der Waals surface area contributed by atoms with Gasteiger partial charge in [0, 0.05) is 20.3 Å². The maximum atomic E-state index is 4.98. The number of methoxy groups -OCH3 is 1. The van der Waals surface area contributed by atoms with E-state index in [0.717, 1.165) is 42.8 Å². The first-order valence-electron chi connectivity index (χ1n) is 5.14. The summed E-state index contributed by atoms with van der Waals surface area (Å²) in [6.07, 6.45) is 2.25. The van der Waals surface area contributed by atoms with Crippen molar-refractivity contribution in [2.45, 2.75) is 19.4 Å². The van der Waals surface area contributed by atoms with Crippen molar-refractivity contribution in [3.05, 3.63) is 28.5 Å². The van der Waals surface area contributed by atoms with Crippen molar-refractivity contribution in [2.75, 3.05) is 20.3 Å². The van der Waals surface area contributed by atoms with Crippen LogP contribution in [0.3, 0.4) is 0 Å². The fourth-order valence-electron chi connectivity index (χ4n) is 1.26. The number of halogens is 1. The second-order valence-corrected chi connectivity index (χ2v) is 4.14. The fraction of sp³-hybridized carbons (Fsp3) is 0.545. The molecule has 1 rings (SSSR count). The van der Waals surface area contributed by atoms with Gasteiger partial charge in [0.05, 0.1) is 5.69 Å². The Hall–Kier alpha value is -0.450. The molecule has 0 unspecified atom stereocenters. The van der Waals surface area contributed by atoms with Crippen molar-refractivity contribution in [3.8, 4) is 0 Å². The average Bonchev–Trinajstić information content (AvgIpc) is 2.23. The number of hydrogen-bond acceptors (Lipinski definition) is 3. The Bertz CT molecular complexity index is 281. The molecule has 0 fully saturated rings. The Labute approximate surface area is 99.4 Å². The molecule has 0 radical (unpaired) electrons. The van der Waals surface area contributed by atoms with E-state index in [2.05, 4.69) is 26.2 Å². The van der Waals surface area contributed by atoms with Gasteiger partial charge < -0.3 is 10.1 Å². The molecule has 0 aliphatic rings. The molecule has 0 bridgehead atoms. The molecule has 0 spiro atoms. The van der Waals surface area contributed by atoms with E-state index in [1.807, 2.05) is 18.2 Å². The highest BCUT2D eigenvalue weighted by atomic mass is 79.9. The molecule has 1 aromatic heterocycles. The zero-order valence-electron chi connectivity index (χ0n) is 9.00. The molecule has 0 atom stereocenters. The quantitative estimate of drug-likeness (QED) is 0.611. The number of nitrogens with zero attached hydrogens (tertiary/aromatic N) is 1. The number of nitrogens with one attached hydrogen (secondary N) is 1. The summed E-state index contributed by atoms with van der Waals surface area (Å²) in [6, 6.07) is 5.95. The predicted molar refractivity (Wildman–Crippen MR) is 64.8 cm³/mol. The molecule has 0 aromatic carbocycles. The monoisotopic (exact) mass is 272 g/mol. The maximum absolute atomic E-state index is 4.98. The summed E-state index contributed by atoms with van der Waals surface area (Å²) in [4.78, 5) is 4.34. The normalized spacial score (nSPS) is 10.5. The van der Waals surface area contributed by atoms with E-state index in [4.69, 9.17) is 4.74 Å². The van der Waals surface area contributed by atoms with E-state index in [9.17, 15) is 0 Å². The zero-order valence-corrected chi connectivity index (χ0v) is 10.6. The number of ether oxygens (including phenoxy) is 1. The van der Waals surface area contributed by atoms with Crippen LogP contribution in [0.1, 0.15) is 18.5 Å². The fourth-order valence-corrected chi connectivity index (χ4v) is 1.64. The standard InChI is InChI=1S/C11H17BrN2O/c1-15-8-3-2-7-13-9-10-5-4-6-11(12)14-10/h4-6,13H,2-3,7-9H2,1H3. The first-order chi connectivity index (χ1) is 7.33. The van der Waals surface area contributed by atoms with Crippen LogP contribution in [0.4, 0.5) is 0 Å². The van der Waals surface area contributed by atoms with Crippen LogP contribution in [-0.2, 0) is 11.3 Å². The maximum Gasteiger partial charge on any atom is 0.106 e. The molecule has 1 N–H and O–H groups in total.